The average Bonchev–Trinajstić information content (AvgIpc) is 2.33. The summed E-state index contributed by atoms with van der Waals surface area (Å²) in [5, 5.41) is 13.1. The Bertz CT molecular complexity index is 286. The summed E-state index contributed by atoms with van der Waals surface area (Å²) in [5.74, 6) is -0.856. The van der Waals surface area contributed by atoms with E-state index in [2.05, 4.69) is 9.59 Å². The Kier molecular flexibility index (Phi) is 2.59. The first-order chi connectivity index (χ1) is 5.61. The van der Waals surface area contributed by atoms with Crippen LogP contribution < -0.4 is 4.90 Å². The third kappa shape index (κ3) is 1.91. The molecule has 0 unspecified atom stereocenters. The summed E-state index contributed by atoms with van der Waals surface area (Å²) in [6.07, 6.45) is 0. The topological polar surface area (TPSA) is 66.3 Å². The highest BCUT2D eigenvalue weighted by atomic mass is 32.1. The minimum atomic E-state index is -0.856. The van der Waals surface area contributed by atoms with Crippen molar-refractivity contribution >= 4 is 22.5 Å². The molecule has 1 rings (SSSR count). The normalized spacial score (nSPS) is 9.83. The van der Waals surface area contributed by atoms with Gasteiger partial charge in [-0.25, -0.2) is 0 Å². The van der Waals surface area contributed by atoms with Gasteiger partial charge in [0.25, 0.3) is 0 Å². The summed E-state index contributed by atoms with van der Waals surface area (Å²) in [7, 11) is 1.70. The Morgan fingerprint density at radius 1 is 1.75 bits per heavy atom. The lowest BCUT2D eigenvalue weighted by atomic mass is 10.5. The van der Waals surface area contributed by atoms with Crippen LogP contribution in [-0.4, -0.2) is 34.3 Å². The summed E-state index contributed by atoms with van der Waals surface area (Å²) in [5.41, 5.74) is 0.767. The van der Waals surface area contributed by atoms with E-state index in [1.165, 1.54) is 11.5 Å². The van der Waals surface area contributed by atoms with E-state index in [1.54, 1.807) is 18.9 Å². The molecular formula is C6H9N3O2S. The fraction of sp³-hybridized carbons (Fsp3) is 0.500. The first-order valence-corrected chi connectivity index (χ1v) is 4.10. The number of hydrogen-bond donors (Lipinski definition) is 1. The Morgan fingerprint density at radius 2 is 2.42 bits per heavy atom. The van der Waals surface area contributed by atoms with Gasteiger partial charge in [-0.05, 0) is 6.92 Å². The molecule has 0 bridgehead atoms. The maximum atomic E-state index is 10.3. The zero-order chi connectivity index (χ0) is 9.14. The maximum absolute atomic E-state index is 10.3. The second-order valence-corrected chi connectivity index (χ2v) is 3.15. The van der Waals surface area contributed by atoms with Gasteiger partial charge in [0.05, 0.1) is 5.69 Å². The van der Waals surface area contributed by atoms with Crippen LogP contribution in [0.4, 0.5) is 5.00 Å². The van der Waals surface area contributed by atoms with Crippen LogP contribution in [0.25, 0.3) is 0 Å². The molecule has 1 heterocycles. The predicted molar refractivity (Wildman–Crippen MR) is 45.6 cm³/mol. The van der Waals surface area contributed by atoms with Gasteiger partial charge in [-0.15, -0.1) is 5.10 Å². The van der Waals surface area contributed by atoms with Gasteiger partial charge in [0.2, 0.25) is 0 Å². The van der Waals surface area contributed by atoms with Crippen molar-refractivity contribution in [2.45, 2.75) is 6.92 Å². The zero-order valence-electron chi connectivity index (χ0n) is 6.81. The minimum absolute atomic E-state index is 0.0231. The molecule has 0 radical (unpaired) electrons. The molecule has 0 aliphatic rings. The molecule has 12 heavy (non-hydrogen) atoms. The number of nitrogens with zero attached hydrogens (tertiary/aromatic N) is 3. The second kappa shape index (κ2) is 3.48. The van der Waals surface area contributed by atoms with Crippen molar-refractivity contribution in [3.05, 3.63) is 5.69 Å². The minimum Gasteiger partial charge on any atom is -0.480 e. The molecule has 0 spiro atoms. The van der Waals surface area contributed by atoms with Crippen LogP contribution >= 0.6 is 11.5 Å². The van der Waals surface area contributed by atoms with E-state index < -0.39 is 5.97 Å². The summed E-state index contributed by atoms with van der Waals surface area (Å²) in [6, 6.07) is 0. The molecule has 0 aliphatic heterocycles. The van der Waals surface area contributed by atoms with E-state index in [0.29, 0.717) is 0 Å². The molecule has 0 amide bonds. The van der Waals surface area contributed by atoms with Crippen LogP contribution in [0.3, 0.4) is 0 Å². The second-order valence-electron chi connectivity index (χ2n) is 2.41. The summed E-state index contributed by atoms with van der Waals surface area (Å²) in [6.45, 7) is 1.78. The molecule has 0 fully saturated rings. The number of carboxylic acids is 1. The van der Waals surface area contributed by atoms with E-state index in [0.717, 1.165) is 10.7 Å². The quantitative estimate of drug-likeness (QED) is 0.740. The van der Waals surface area contributed by atoms with E-state index in [1.807, 2.05) is 0 Å². The number of aliphatic carboxylic acids is 1. The largest absolute Gasteiger partial charge is 0.480 e. The van der Waals surface area contributed by atoms with Crippen molar-refractivity contribution in [1.82, 2.24) is 9.59 Å². The standard InChI is InChI=1S/C6H9N3O2S/c1-4-6(12-8-7-4)9(2)3-5(10)11/h3H2,1-2H3,(H,10,11). The molecule has 5 nitrogen and oxygen atoms in total. The fourth-order valence-corrected chi connectivity index (χ4v) is 1.47. The Morgan fingerprint density at radius 3 is 2.83 bits per heavy atom. The number of anilines is 1. The summed E-state index contributed by atoms with van der Waals surface area (Å²) >= 11 is 1.20. The smallest absolute Gasteiger partial charge is 0.323 e. The molecule has 0 aliphatic carbocycles. The molecule has 6 heteroatoms. The van der Waals surface area contributed by atoms with Gasteiger partial charge >= 0.3 is 5.97 Å². The van der Waals surface area contributed by atoms with Crippen LogP contribution in [0.1, 0.15) is 5.69 Å². The monoisotopic (exact) mass is 187 g/mol. The Hall–Kier alpha value is -1.17. The third-order valence-corrected chi connectivity index (χ3v) is 2.29. The number of rotatable bonds is 3. The van der Waals surface area contributed by atoms with Gasteiger partial charge in [0.1, 0.15) is 11.5 Å². The van der Waals surface area contributed by atoms with Gasteiger partial charge < -0.3 is 10.0 Å². The molecular weight excluding hydrogens is 178 g/mol. The molecule has 1 N–H and O–H groups in total. The lowest BCUT2D eigenvalue weighted by Gasteiger charge is -2.12. The number of carboxylic acid groups (broad SMARTS) is 1. The average molecular weight is 187 g/mol. The van der Waals surface area contributed by atoms with Crippen LogP contribution in [0.5, 0.6) is 0 Å². The number of aryl methyl sites for hydroxylation is 1. The van der Waals surface area contributed by atoms with Crippen molar-refractivity contribution in [2.75, 3.05) is 18.5 Å². The molecule has 1 aromatic rings. The molecule has 0 saturated carbocycles. The summed E-state index contributed by atoms with van der Waals surface area (Å²) < 4.78 is 3.71. The fourth-order valence-electron chi connectivity index (χ4n) is 0.850. The maximum Gasteiger partial charge on any atom is 0.323 e. The van der Waals surface area contributed by atoms with Crippen LogP contribution in [0.2, 0.25) is 0 Å². The molecule has 1 aromatic heterocycles. The number of aromatic nitrogens is 2. The summed E-state index contributed by atoms with van der Waals surface area (Å²) in [4.78, 5) is 12.0. The highest BCUT2D eigenvalue weighted by molar-refractivity contribution is 7.10. The van der Waals surface area contributed by atoms with Gasteiger partial charge in [0.15, 0.2) is 0 Å². The zero-order valence-corrected chi connectivity index (χ0v) is 7.63. The van der Waals surface area contributed by atoms with Crippen molar-refractivity contribution in [2.24, 2.45) is 0 Å². The highest BCUT2D eigenvalue weighted by Gasteiger charge is 2.10. The molecule has 66 valence electrons. The first-order valence-electron chi connectivity index (χ1n) is 3.33. The van der Waals surface area contributed by atoms with Crippen LogP contribution in [0.15, 0.2) is 0 Å². The van der Waals surface area contributed by atoms with E-state index in [-0.39, 0.29) is 6.54 Å². The Balaban J connectivity index is 2.71. The predicted octanol–water partition coefficient (Wildman–Crippen LogP) is 0.367. The van der Waals surface area contributed by atoms with E-state index >= 15 is 0 Å². The first kappa shape index (κ1) is 8.92. The molecule has 0 aromatic carbocycles. The van der Waals surface area contributed by atoms with Crippen LogP contribution in [-0.2, 0) is 4.79 Å². The third-order valence-electron chi connectivity index (χ3n) is 1.35. The van der Waals surface area contributed by atoms with E-state index in [4.69, 9.17) is 5.11 Å². The van der Waals surface area contributed by atoms with Crippen molar-refractivity contribution in [3.63, 3.8) is 0 Å². The van der Waals surface area contributed by atoms with Crippen molar-refractivity contribution in [3.8, 4) is 0 Å². The van der Waals surface area contributed by atoms with Gasteiger partial charge in [-0.3, -0.25) is 4.79 Å². The van der Waals surface area contributed by atoms with Crippen molar-refractivity contribution < 1.29 is 9.90 Å². The highest BCUT2D eigenvalue weighted by Crippen LogP contribution is 2.19. The number of likely N-dealkylation sites (N-methyl/N-ethyl adjacent to an activating group) is 1. The van der Waals surface area contributed by atoms with Gasteiger partial charge in [0, 0.05) is 18.6 Å². The SMILES string of the molecule is Cc1nnsc1N(C)CC(=O)O. The van der Waals surface area contributed by atoms with Crippen LogP contribution in [0, 0.1) is 6.92 Å². The lowest BCUT2D eigenvalue weighted by molar-refractivity contribution is -0.135. The number of carbonyl (C=O) groups is 1. The number of hydrogen-bond acceptors (Lipinski definition) is 5. The van der Waals surface area contributed by atoms with Gasteiger partial charge in [-0.2, -0.15) is 0 Å². The van der Waals surface area contributed by atoms with Crippen molar-refractivity contribution in [1.29, 1.82) is 0 Å². The van der Waals surface area contributed by atoms with E-state index in [9.17, 15) is 4.79 Å². The Labute approximate surface area is 73.8 Å². The van der Waals surface area contributed by atoms with Gasteiger partial charge in [-0.1, -0.05) is 4.49 Å². The lowest BCUT2D eigenvalue weighted by Crippen LogP contribution is -2.24. The molecule has 0 saturated heterocycles. The molecule has 0 atom stereocenters.